The zero-order chi connectivity index (χ0) is 8.48. The molecule has 0 aromatic carbocycles. The molecule has 11 heavy (non-hydrogen) atoms. The maximum absolute atomic E-state index is 3.42. The molecule has 66 valence electrons. The van der Waals surface area contributed by atoms with Crippen molar-refractivity contribution in [2.75, 3.05) is 7.05 Å². The van der Waals surface area contributed by atoms with Gasteiger partial charge in [-0.05, 0) is 31.2 Å². The molecule has 1 nitrogen and oxygen atoms in total. The summed E-state index contributed by atoms with van der Waals surface area (Å²) in [6, 6.07) is 0.773. The fourth-order valence-corrected chi connectivity index (χ4v) is 2.34. The minimum atomic E-state index is 0.490. The van der Waals surface area contributed by atoms with Crippen LogP contribution in [-0.2, 0) is 0 Å². The van der Waals surface area contributed by atoms with Crippen LogP contribution in [-0.4, -0.2) is 13.1 Å². The molecule has 2 atom stereocenters. The van der Waals surface area contributed by atoms with Crippen LogP contribution < -0.4 is 5.32 Å². The van der Waals surface area contributed by atoms with Crippen LogP contribution in [0.15, 0.2) is 0 Å². The van der Waals surface area contributed by atoms with Gasteiger partial charge in [-0.15, -0.1) is 0 Å². The van der Waals surface area contributed by atoms with Crippen molar-refractivity contribution in [3.8, 4) is 0 Å². The molecule has 0 heterocycles. The molecule has 0 bridgehead atoms. The maximum Gasteiger partial charge on any atom is 0.00973 e. The first-order chi connectivity index (χ1) is 5.05. The van der Waals surface area contributed by atoms with Crippen molar-refractivity contribution in [3.05, 3.63) is 0 Å². The van der Waals surface area contributed by atoms with Crippen LogP contribution in [0.1, 0.15) is 40.0 Å². The molecule has 1 aliphatic carbocycles. The summed E-state index contributed by atoms with van der Waals surface area (Å²) in [4.78, 5) is 0. The Morgan fingerprint density at radius 2 is 1.82 bits per heavy atom. The van der Waals surface area contributed by atoms with Gasteiger partial charge in [0.2, 0.25) is 0 Å². The molecule has 0 aromatic rings. The van der Waals surface area contributed by atoms with E-state index in [9.17, 15) is 0 Å². The van der Waals surface area contributed by atoms with Crippen LogP contribution in [0.5, 0.6) is 0 Å². The van der Waals surface area contributed by atoms with Gasteiger partial charge in [-0.25, -0.2) is 0 Å². The molecule has 0 radical (unpaired) electrons. The lowest BCUT2D eigenvalue weighted by Crippen LogP contribution is -2.36. The van der Waals surface area contributed by atoms with Crippen molar-refractivity contribution < 1.29 is 0 Å². The van der Waals surface area contributed by atoms with Gasteiger partial charge in [-0.1, -0.05) is 27.2 Å². The normalized spacial score (nSPS) is 32.7. The number of hydrogen-bond donors (Lipinski definition) is 1. The first-order valence-corrected chi connectivity index (χ1v) is 4.73. The molecule has 1 N–H and O–H groups in total. The Bertz CT molecular complexity index is 123. The van der Waals surface area contributed by atoms with E-state index < -0.39 is 0 Å². The number of rotatable bonds is 1. The van der Waals surface area contributed by atoms with E-state index in [-0.39, 0.29) is 0 Å². The van der Waals surface area contributed by atoms with Gasteiger partial charge in [0.05, 0.1) is 0 Å². The zero-order valence-electron chi connectivity index (χ0n) is 8.28. The largest absolute Gasteiger partial charge is 0.317 e. The number of hydrogen-bond acceptors (Lipinski definition) is 1. The molecule has 1 rings (SSSR count). The van der Waals surface area contributed by atoms with Crippen molar-refractivity contribution in [3.63, 3.8) is 0 Å². The summed E-state index contributed by atoms with van der Waals surface area (Å²) in [5, 5.41) is 3.42. The molecule has 1 fully saturated rings. The Labute approximate surface area is 70.6 Å². The van der Waals surface area contributed by atoms with E-state index in [0.717, 1.165) is 12.0 Å². The standard InChI is InChI=1S/C10H21N/c1-10(2,3)8-6-5-7-9(8)11-4/h8-9,11H,5-7H2,1-4H3/t8-,9+/m0/s1. The van der Waals surface area contributed by atoms with Gasteiger partial charge in [0.15, 0.2) is 0 Å². The van der Waals surface area contributed by atoms with Crippen molar-refractivity contribution >= 4 is 0 Å². The van der Waals surface area contributed by atoms with E-state index in [4.69, 9.17) is 0 Å². The van der Waals surface area contributed by atoms with Gasteiger partial charge in [0, 0.05) is 6.04 Å². The summed E-state index contributed by atoms with van der Waals surface area (Å²) in [5.41, 5.74) is 0.490. The quantitative estimate of drug-likeness (QED) is 0.613. The highest BCUT2D eigenvalue weighted by Crippen LogP contribution is 2.38. The fraction of sp³-hybridized carbons (Fsp3) is 1.00. The third kappa shape index (κ3) is 1.96. The second-order valence-electron chi connectivity index (χ2n) is 4.80. The van der Waals surface area contributed by atoms with Gasteiger partial charge >= 0.3 is 0 Å². The Hall–Kier alpha value is -0.0400. The lowest BCUT2D eigenvalue weighted by atomic mass is 9.78. The van der Waals surface area contributed by atoms with E-state index in [1.54, 1.807) is 0 Å². The summed E-state index contributed by atoms with van der Waals surface area (Å²) in [6.45, 7) is 7.06. The molecular weight excluding hydrogens is 134 g/mol. The van der Waals surface area contributed by atoms with Crippen LogP contribution in [0.25, 0.3) is 0 Å². The average Bonchev–Trinajstić information content (AvgIpc) is 2.31. The molecule has 1 aliphatic rings. The minimum absolute atomic E-state index is 0.490. The highest BCUT2D eigenvalue weighted by molar-refractivity contribution is 4.89. The summed E-state index contributed by atoms with van der Waals surface area (Å²) in [7, 11) is 2.09. The summed E-state index contributed by atoms with van der Waals surface area (Å²) >= 11 is 0. The van der Waals surface area contributed by atoms with Crippen molar-refractivity contribution in [1.82, 2.24) is 5.32 Å². The van der Waals surface area contributed by atoms with E-state index in [1.807, 2.05) is 0 Å². The third-order valence-corrected chi connectivity index (χ3v) is 3.00. The van der Waals surface area contributed by atoms with E-state index in [2.05, 4.69) is 33.1 Å². The third-order valence-electron chi connectivity index (χ3n) is 3.00. The number of nitrogens with one attached hydrogen (secondary N) is 1. The van der Waals surface area contributed by atoms with Crippen LogP contribution in [0.3, 0.4) is 0 Å². The molecule has 0 spiro atoms. The fourth-order valence-electron chi connectivity index (χ4n) is 2.34. The molecule has 0 unspecified atom stereocenters. The van der Waals surface area contributed by atoms with Crippen LogP contribution in [0.4, 0.5) is 0 Å². The van der Waals surface area contributed by atoms with Crippen LogP contribution in [0.2, 0.25) is 0 Å². The average molecular weight is 155 g/mol. The summed E-state index contributed by atoms with van der Waals surface area (Å²) in [6.07, 6.45) is 4.20. The van der Waals surface area contributed by atoms with E-state index in [0.29, 0.717) is 5.41 Å². The Balaban J connectivity index is 2.57. The second-order valence-corrected chi connectivity index (χ2v) is 4.80. The van der Waals surface area contributed by atoms with Gasteiger partial charge in [0.1, 0.15) is 0 Å². The highest BCUT2D eigenvalue weighted by atomic mass is 14.9. The van der Waals surface area contributed by atoms with Crippen LogP contribution >= 0.6 is 0 Å². The van der Waals surface area contributed by atoms with Crippen molar-refractivity contribution in [2.24, 2.45) is 11.3 Å². The Kier molecular flexibility index (Phi) is 2.58. The molecule has 0 amide bonds. The predicted molar refractivity (Wildman–Crippen MR) is 49.6 cm³/mol. The lowest BCUT2D eigenvalue weighted by molar-refractivity contribution is 0.208. The first kappa shape index (κ1) is 9.05. The SMILES string of the molecule is CN[C@@H]1CCC[C@@H]1C(C)(C)C. The van der Waals surface area contributed by atoms with Crippen molar-refractivity contribution in [2.45, 2.75) is 46.1 Å². The monoisotopic (exact) mass is 155 g/mol. The topological polar surface area (TPSA) is 12.0 Å². The molecule has 0 aromatic heterocycles. The smallest absolute Gasteiger partial charge is 0.00973 e. The predicted octanol–water partition coefficient (Wildman–Crippen LogP) is 2.42. The minimum Gasteiger partial charge on any atom is -0.317 e. The highest BCUT2D eigenvalue weighted by Gasteiger charge is 2.34. The molecule has 0 saturated heterocycles. The Morgan fingerprint density at radius 3 is 2.18 bits per heavy atom. The zero-order valence-corrected chi connectivity index (χ0v) is 8.28. The second kappa shape index (κ2) is 3.14. The lowest BCUT2D eigenvalue weighted by Gasteiger charge is -2.32. The van der Waals surface area contributed by atoms with E-state index >= 15 is 0 Å². The Morgan fingerprint density at radius 1 is 1.18 bits per heavy atom. The van der Waals surface area contributed by atoms with Crippen LogP contribution in [0, 0.1) is 11.3 Å². The van der Waals surface area contributed by atoms with Gasteiger partial charge < -0.3 is 5.32 Å². The van der Waals surface area contributed by atoms with E-state index in [1.165, 1.54) is 19.3 Å². The first-order valence-electron chi connectivity index (χ1n) is 4.73. The molecule has 1 heteroatoms. The summed E-state index contributed by atoms with van der Waals surface area (Å²) in [5.74, 6) is 0.882. The van der Waals surface area contributed by atoms with Gasteiger partial charge in [-0.3, -0.25) is 0 Å². The van der Waals surface area contributed by atoms with Gasteiger partial charge in [-0.2, -0.15) is 0 Å². The summed E-state index contributed by atoms with van der Waals surface area (Å²) < 4.78 is 0. The molecule has 0 aliphatic heterocycles. The molecule has 1 saturated carbocycles. The van der Waals surface area contributed by atoms with Crippen molar-refractivity contribution in [1.29, 1.82) is 0 Å². The van der Waals surface area contributed by atoms with Gasteiger partial charge in [0.25, 0.3) is 0 Å². The molecular formula is C10H21N. The maximum atomic E-state index is 3.42.